The lowest BCUT2D eigenvalue weighted by molar-refractivity contribution is -0.120. The molecule has 0 aromatic carbocycles. The number of nitrogen functional groups attached to an aromatic ring is 1. The maximum Gasteiger partial charge on any atom is 0.233 e. The molecule has 2 rings (SSSR count). The van der Waals surface area contributed by atoms with Crippen LogP contribution in [0.2, 0.25) is 0 Å². The van der Waals surface area contributed by atoms with E-state index in [1.807, 2.05) is 0 Å². The number of rotatable bonds is 5. The average molecular weight is 267 g/mol. The van der Waals surface area contributed by atoms with Gasteiger partial charge in [0, 0.05) is 0 Å². The number of aromatic amines is 1. The maximum absolute atomic E-state index is 11.8. The van der Waals surface area contributed by atoms with Crippen LogP contribution in [-0.4, -0.2) is 26.3 Å². The van der Waals surface area contributed by atoms with Gasteiger partial charge in [0.25, 0.3) is 0 Å². The molecule has 0 saturated heterocycles. The molecular weight excluding hydrogens is 254 g/mol. The van der Waals surface area contributed by atoms with Crippen LogP contribution in [0.3, 0.4) is 0 Å². The summed E-state index contributed by atoms with van der Waals surface area (Å²) in [6.45, 7) is 2.14. The molecule has 0 aliphatic rings. The number of H-pyrrole nitrogens is 1. The van der Waals surface area contributed by atoms with Crippen LogP contribution < -0.4 is 11.1 Å². The number of hydrogen-bond acceptors (Lipinski definition) is 6. The molecule has 4 N–H and O–H groups in total. The van der Waals surface area contributed by atoms with Gasteiger partial charge in [-0.15, -0.1) is 5.10 Å². The van der Waals surface area contributed by atoms with E-state index in [2.05, 4.69) is 20.5 Å². The van der Waals surface area contributed by atoms with E-state index in [4.69, 9.17) is 10.2 Å². The summed E-state index contributed by atoms with van der Waals surface area (Å²) in [7, 11) is 0. The number of hydrogen-bond donors (Lipinski definition) is 3. The predicted octanol–water partition coefficient (Wildman–Crippen LogP) is 0.777. The van der Waals surface area contributed by atoms with Gasteiger partial charge in [0.2, 0.25) is 17.0 Å². The number of nitrogens with zero attached hydrogens (tertiary/aromatic N) is 2. The summed E-state index contributed by atoms with van der Waals surface area (Å²) in [5, 5.41) is 9.27. The van der Waals surface area contributed by atoms with E-state index in [0.29, 0.717) is 17.5 Å². The van der Waals surface area contributed by atoms with Crippen LogP contribution in [-0.2, 0) is 11.3 Å². The fourth-order valence-corrected chi connectivity index (χ4v) is 2.01. The van der Waals surface area contributed by atoms with E-state index in [1.165, 1.54) is 11.8 Å². The van der Waals surface area contributed by atoms with Gasteiger partial charge in [0.1, 0.15) is 5.76 Å². The highest BCUT2D eigenvalue weighted by Crippen LogP contribution is 2.19. The minimum Gasteiger partial charge on any atom is -0.467 e. The zero-order valence-corrected chi connectivity index (χ0v) is 10.5. The minimum atomic E-state index is -0.310. The Morgan fingerprint density at radius 3 is 3.17 bits per heavy atom. The number of nitrogens with one attached hydrogen (secondary N) is 2. The summed E-state index contributed by atoms with van der Waals surface area (Å²) in [6, 6.07) is 3.57. The Labute approximate surface area is 108 Å². The minimum absolute atomic E-state index is 0.111. The van der Waals surface area contributed by atoms with Gasteiger partial charge < -0.3 is 15.5 Å². The third-order valence-electron chi connectivity index (χ3n) is 2.15. The Morgan fingerprint density at radius 1 is 1.72 bits per heavy atom. The summed E-state index contributed by atoms with van der Waals surface area (Å²) in [5.41, 5.74) is 5.40. The van der Waals surface area contributed by atoms with Crippen molar-refractivity contribution in [1.29, 1.82) is 0 Å². The molecular formula is C10H13N5O2S. The first kappa shape index (κ1) is 12.5. The van der Waals surface area contributed by atoms with Crippen LogP contribution in [0, 0.1) is 0 Å². The Hall–Kier alpha value is -1.96. The molecule has 8 heteroatoms. The molecule has 0 aliphatic heterocycles. The van der Waals surface area contributed by atoms with Crippen molar-refractivity contribution < 1.29 is 9.21 Å². The molecule has 2 aromatic heterocycles. The van der Waals surface area contributed by atoms with Gasteiger partial charge in [-0.3, -0.25) is 4.79 Å². The van der Waals surface area contributed by atoms with Crippen molar-refractivity contribution in [2.75, 3.05) is 5.73 Å². The highest BCUT2D eigenvalue weighted by atomic mass is 32.2. The summed E-state index contributed by atoms with van der Waals surface area (Å²) in [4.78, 5) is 15.7. The molecule has 0 unspecified atom stereocenters. The van der Waals surface area contributed by atoms with Crippen LogP contribution in [0.15, 0.2) is 28.0 Å². The molecule has 1 atom stereocenters. The highest BCUT2D eigenvalue weighted by Gasteiger charge is 2.16. The molecule has 0 bridgehead atoms. The van der Waals surface area contributed by atoms with E-state index >= 15 is 0 Å². The maximum atomic E-state index is 11.8. The lowest BCUT2D eigenvalue weighted by Crippen LogP contribution is -2.30. The molecule has 96 valence electrons. The van der Waals surface area contributed by atoms with Crippen molar-refractivity contribution in [3.8, 4) is 0 Å². The van der Waals surface area contributed by atoms with Crippen molar-refractivity contribution in [1.82, 2.24) is 20.5 Å². The number of anilines is 1. The number of nitrogens with two attached hydrogens (primary N) is 1. The number of carbonyl (C=O) groups is 1. The molecule has 0 aliphatic carbocycles. The first-order valence-corrected chi connectivity index (χ1v) is 6.18. The summed E-state index contributed by atoms with van der Waals surface area (Å²) in [6.07, 6.45) is 1.57. The van der Waals surface area contributed by atoms with Crippen molar-refractivity contribution in [2.45, 2.75) is 23.9 Å². The molecule has 1 amide bonds. The Kier molecular flexibility index (Phi) is 3.88. The van der Waals surface area contributed by atoms with E-state index < -0.39 is 0 Å². The zero-order valence-electron chi connectivity index (χ0n) is 9.71. The van der Waals surface area contributed by atoms with Gasteiger partial charge in [0.05, 0.1) is 18.1 Å². The Morgan fingerprint density at radius 2 is 2.56 bits per heavy atom. The van der Waals surface area contributed by atoms with Gasteiger partial charge in [-0.25, -0.2) is 5.10 Å². The monoisotopic (exact) mass is 267 g/mol. The second kappa shape index (κ2) is 5.58. The molecule has 0 radical (unpaired) electrons. The smallest absolute Gasteiger partial charge is 0.233 e. The normalized spacial score (nSPS) is 12.3. The van der Waals surface area contributed by atoms with Crippen LogP contribution >= 0.6 is 11.8 Å². The quantitative estimate of drug-likeness (QED) is 0.690. The second-order valence-electron chi connectivity index (χ2n) is 3.56. The fourth-order valence-electron chi connectivity index (χ4n) is 1.25. The summed E-state index contributed by atoms with van der Waals surface area (Å²) < 4.78 is 5.12. The van der Waals surface area contributed by atoms with Crippen molar-refractivity contribution in [2.24, 2.45) is 0 Å². The summed E-state index contributed by atoms with van der Waals surface area (Å²) in [5.74, 6) is 0.836. The van der Waals surface area contributed by atoms with Crippen LogP contribution in [0.5, 0.6) is 0 Å². The molecule has 0 spiro atoms. The lowest BCUT2D eigenvalue weighted by atomic mass is 10.4. The van der Waals surface area contributed by atoms with Crippen molar-refractivity contribution in [3.05, 3.63) is 24.2 Å². The van der Waals surface area contributed by atoms with E-state index in [9.17, 15) is 4.79 Å². The van der Waals surface area contributed by atoms with Gasteiger partial charge in [0.15, 0.2) is 0 Å². The largest absolute Gasteiger partial charge is 0.467 e. The number of furan rings is 1. The van der Waals surface area contributed by atoms with E-state index in [1.54, 1.807) is 25.3 Å². The SMILES string of the molecule is C[C@H](Sc1n[nH]c(N)n1)C(=O)NCc1ccco1. The third-order valence-corrected chi connectivity index (χ3v) is 3.11. The highest BCUT2D eigenvalue weighted by molar-refractivity contribution is 8.00. The van der Waals surface area contributed by atoms with Gasteiger partial charge in [-0.05, 0) is 19.1 Å². The topological polar surface area (TPSA) is 110 Å². The first-order chi connectivity index (χ1) is 8.65. The molecule has 0 saturated carbocycles. The zero-order chi connectivity index (χ0) is 13.0. The predicted molar refractivity (Wildman–Crippen MR) is 66.7 cm³/mol. The standard InChI is InChI=1S/C10H13N5O2S/c1-6(18-10-13-9(11)14-15-10)8(16)12-5-7-3-2-4-17-7/h2-4,6H,5H2,1H3,(H,12,16)(H3,11,13,14,15)/t6-/m0/s1. The van der Waals surface area contributed by atoms with Crippen LogP contribution in [0.4, 0.5) is 5.95 Å². The number of amides is 1. The molecule has 0 fully saturated rings. The van der Waals surface area contributed by atoms with Crippen LogP contribution in [0.25, 0.3) is 0 Å². The molecule has 2 heterocycles. The number of thioether (sulfide) groups is 1. The average Bonchev–Trinajstić information content (AvgIpc) is 2.97. The fraction of sp³-hybridized carbons (Fsp3) is 0.300. The van der Waals surface area contributed by atoms with Gasteiger partial charge in [-0.2, -0.15) is 4.98 Å². The molecule has 7 nitrogen and oxygen atoms in total. The number of carbonyl (C=O) groups excluding carboxylic acids is 1. The van der Waals surface area contributed by atoms with E-state index in [0.717, 1.165) is 0 Å². The van der Waals surface area contributed by atoms with Crippen molar-refractivity contribution >= 4 is 23.6 Å². The first-order valence-electron chi connectivity index (χ1n) is 5.30. The second-order valence-corrected chi connectivity index (χ2v) is 4.87. The Bertz CT molecular complexity index is 510. The lowest BCUT2D eigenvalue weighted by Gasteiger charge is -2.08. The Balaban J connectivity index is 1.81. The molecule has 18 heavy (non-hydrogen) atoms. The van der Waals surface area contributed by atoms with E-state index in [-0.39, 0.29) is 17.1 Å². The molecule has 2 aromatic rings. The van der Waals surface area contributed by atoms with Gasteiger partial charge in [-0.1, -0.05) is 11.8 Å². The van der Waals surface area contributed by atoms with Crippen LogP contribution in [0.1, 0.15) is 12.7 Å². The van der Waals surface area contributed by atoms with Crippen molar-refractivity contribution in [3.63, 3.8) is 0 Å². The van der Waals surface area contributed by atoms with Gasteiger partial charge >= 0.3 is 0 Å². The number of aromatic nitrogens is 3. The summed E-state index contributed by atoms with van der Waals surface area (Å²) >= 11 is 1.23. The third kappa shape index (κ3) is 3.27.